The molecule has 0 bridgehead atoms. The molecule has 0 saturated carbocycles. The Kier molecular flexibility index (Phi) is 22.3. The molecule has 30 heteroatoms. The number of anilines is 2. The average Bonchev–Trinajstić information content (AvgIpc) is 1.29. The molecule has 0 aromatic heterocycles. The molecule has 0 spiro atoms. The quantitative estimate of drug-likeness (QED) is 0.0327. The molecule has 7 aliphatic rings. The number of aromatic carboxylic acids is 3. The molecule has 3 saturated heterocycles. The first kappa shape index (κ1) is 76.0. The van der Waals surface area contributed by atoms with Crippen molar-refractivity contribution in [2.75, 3.05) is 66.2 Å². The van der Waals surface area contributed by atoms with E-state index in [1.807, 2.05) is 148 Å². The Morgan fingerprint density at radius 2 is 0.743 bits per heavy atom. The number of carbonyl (C=O) groups excluding carboxylic acids is 10. The van der Waals surface area contributed by atoms with Crippen molar-refractivity contribution in [1.29, 1.82) is 0 Å². The minimum absolute atomic E-state index is 0.00659. The van der Waals surface area contributed by atoms with Crippen molar-refractivity contribution in [1.82, 2.24) is 35.0 Å². The summed E-state index contributed by atoms with van der Waals surface area (Å²) < 4.78 is 16.6. The van der Waals surface area contributed by atoms with Crippen molar-refractivity contribution in [3.8, 4) is 44.9 Å². The third kappa shape index (κ3) is 16.8. The Bertz CT molecular complexity index is 5450. The molecule has 5 heterocycles. The molecule has 556 valence electrons. The monoisotopic (exact) mass is 1480 g/mol. The van der Waals surface area contributed by atoms with Crippen LogP contribution in [0.2, 0.25) is 0 Å². The first-order chi connectivity index (χ1) is 51.9. The molecule has 6 aromatic rings. The SMILES string of the molecule is CN(C)c1ccc2c(-c3ccc(C(=O)NCc4ccc(C(=O)O)cc4)cc3C(=O)O)c3ccc(=[N+](C)C)cc-3oc2c1.CN(C)c1ccc2c(-c3ccc(C(=O)NCc4ccc(C(=O)ON5C(=O)CCC5=O)cc4)cc3C(=O)O)c3ccc(=[N+](C)C)cc-3oc2c1.O=C(ON1C(=O)CCC1=O)ON1C(=O)CCC1=O. The van der Waals surface area contributed by atoms with E-state index in [1.54, 1.807) is 48.5 Å². The first-order valence-electron chi connectivity index (χ1n) is 33.7. The summed E-state index contributed by atoms with van der Waals surface area (Å²) in [6.07, 6.45) is -1.74. The van der Waals surface area contributed by atoms with Crippen LogP contribution < -0.4 is 40.3 Å². The molecule has 0 unspecified atom stereocenters. The van der Waals surface area contributed by atoms with E-state index in [0.717, 1.165) is 44.0 Å². The standard InChI is InChI=1S/C37H32N4O8.C33H29N3O6.C9H8N2O7/c1-39(2)24-10-13-27-30(18-24)48-31-19-25(40(3)4)11-14-28(31)34(27)26-12-9-23(17-29(26)36(45)46)35(44)38-20-21-5-7-22(8-6-21)37(47)49-41-32(42)15-16-33(41)43;1-35(2)22-10-13-25-28(16-22)42-29-17-23(36(3)4)11-14-26(29)30(25)24-12-9-21(15-27(24)33(40)41)31(37)34-18-19-5-7-20(8-6-19)32(38)39;12-5-1-2-6(13)10(5)17-9(16)18-11-7(14)3-4-8(11)15/h5-14,17-19H,15-16,20H2,1-4H3,(H-,38,44,45,46);5-17H,18H2,1-4H3,(H2-,34,37,38,39,40,41);1-4H2/p+2. The maximum Gasteiger partial charge on any atom is 0.560 e. The second-order valence-corrected chi connectivity index (χ2v) is 26.0. The molecule has 8 amide bonds. The molecule has 30 nitrogen and oxygen atoms in total. The van der Waals surface area contributed by atoms with Crippen molar-refractivity contribution in [2.45, 2.75) is 51.6 Å². The Hall–Kier alpha value is -14.2. The van der Waals surface area contributed by atoms with E-state index < -0.39 is 77.3 Å². The molecule has 0 radical (unpaired) electrons. The summed E-state index contributed by atoms with van der Waals surface area (Å²) >= 11 is 0. The Balaban J connectivity index is 0.000000178. The second-order valence-electron chi connectivity index (χ2n) is 26.0. The molecule has 5 N–H and O–H groups in total. The van der Waals surface area contributed by atoms with Gasteiger partial charge in [0.1, 0.15) is 50.9 Å². The smallest absolute Gasteiger partial charge is 0.478 e. The lowest BCUT2D eigenvalue weighted by molar-refractivity contribution is -0.198. The topological polar surface area (TPSA) is 383 Å². The highest BCUT2D eigenvalue weighted by atomic mass is 16.9. The molecule has 2 aliphatic carbocycles. The number of benzene rings is 8. The lowest BCUT2D eigenvalue weighted by Gasteiger charge is -2.19. The van der Waals surface area contributed by atoms with Crippen molar-refractivity contribution < 1.29 is 101 Å². The van der Waals surface area contributed by atoms with Crippen LogP contribution in [0.4, 0.5) is 16.2 Å². The van der Waals surface area contributed by atoms with Gasteiger partial charge in [0.2, 0.25) is 10.7 Å². The average molecular weight is 1480 g/mol. The predicted octanol–water partition coefficient (Wildman–Crippen LogP) is 8.05. The number of imide groups is 3. The van der Waals surface area contributed by atoms with E-state index in [4.69, 9.17) is 18.8 Å². The number of fused-ring (bicyclic) bond motifs is 4. The molecule has 3 fully saturated rings. The van der Waals surface area contributed by atoms with E-state index in [0.29, 0.717) is 61.1 Å². The number of nitrogens with one attached hydrogen (secondary N) is 2. The fraction of sp³-hybridized carbons (Fsp3) is 0.203. The highest BCUT2D eigenvalue weighted by molar-refractivity contribution is 6.12. The van der Waals surface area contributed by atoms with Crippen LogP contribution in [-0.4, -0.2) is 164 Å². The van der Waals surface area contributed by atoms with Gasteiger partial charge >= 0.3 is 30.0 Å². The molecule has 6 aromatic carbocycles. The molecule has 5 aliphatic heterocycles. The van der Waals surface area contributed by atoms with Gasteiger partial charge in [-0.1, -0.05) is 46.5 Å². The Morgan fingerprint density at radius 1 is 0.404 bits per heavy atom. The van der Waals surface area contributed by atoms with E-state index in [2.05, 4.69) is 20.3 Å². The maximum atomic E-state index is 13.2. The van der Waals surface area contributed by atoms with Gasteiger partial charge in [0.15, 0.2) is 0 Å². The van der Waals surface area contributed by atoms with Crippen LogP contribution in [0, 0.1) is 0 Å². The maximum absolute atomic E-state index is 13.2. The van der Waals surface area contributed by atoms with Gasteiger partial charge in [0.25, 0.3) is 47.3 Å². The normalized spacial score (nSPS) is 13.2. The summed E-state index contributed by atoms with van der Waals surface area (Å²) in [5, 5.41) is 39.6. The van der Waals surface area contributed by atoms with Gasteiger partial charge in [-0.25, -0.2) is 28.3 Å². The molecule has 0 atom stereocenters. The number of carboxylic acid groups (broad SMARTS) is 3. The fourth-order valence-electron chi connectivity index (χ4n) is 12.0. The summed E-state index contributed by atoms with van der Waals surface area (Å²) in [5.74, 6) is -7.89. The van der Waals surface area contributed by atoms with Gasteiger partial charge in [0, 0.05) is 160 Å². The minimum atomic E-state index is -1.48. The van der Waals surface area contributed by atoms with Crippen molar-refractivity contribution in [3.63, 3.8) is 0 Å². The number of carboxylic acids is 3. The predicted molar refractivity (Wildman–Crippen MR) is 392 cm³/mol. The van der Waals surface area contributed by atoms with Crippen molar-refractivity contribution >= 4 is 111 Å². The summed E-state index contributed by atoms with van der Waals surface area (Å²) in [4.78, 5) is 172. The number of hydrogen-bond acceptors (Lipinski definition) is 20. The number of amides is 8. The van der Waals surface area contributed by atoms with Crippen molar-refractivity contribution in [2.24, 2.45) is 0 Å². The van der Waals surface area contributed by atoms with Crippen LogP contribution in [0.1, 0.15) is 112 Å². The van der Waals surface area contributed by atoms with Gasteiger partial charge in [-0.15, -0.1) is 5.06 Å². The third-order valence-corrected chi connectivity index (χ3v) is 17.8. The first-order valence-corrected chi connectivity index (χ1v) is 33.7. The van der Waals surface area contributed by atoms with Gasteiger partial charge in [-0.2, -0.15) is 4.79 Å². The molecule has 13 rings (SSSR count). The van der Waals surface area contributed by atoms with Gasteiger partial charge in [-0.3, -0.25) is 48.0 Å². The van der Waals surface area contributed by atoms with Gasteiger partial charge < -0.3 is 49.4 Å². The zero-order chi connectivity index (χ0) is 78.4. The molecule has 109 heavy (non-hydrogen) atoms. The number of rotatable bonds is 17. The highest BCUT2D eigenvalue weighted by Gasteiger charge is 2.38. The highest BCUT2D eigenvalue weighted by Crippen LogP contribution is 2.44. The lowest BCUT2D eigenvalue weighted by atomic mass is 9.89. The van der Waals surface area contributed by atoms with E-state index in [1.165, 1.54) is 36.4 Å². The van der Waals surface area contributed by atoms with Crippen LogP contribution in [-0.2, 0) is 56.4 Å². The van der Waals surface area contributed by atoms with Crippen LogP contribution in [0.25, 0.3) is 66.8 Å². The van der Waals surface area contributed by atoms with E-state index in [-0.39, 0.29) is 95.1 Å². The van der Waals surface area contributed by atoms with Crippen LogP contribution in [0.5, 0.6) is 0 Å². The van der Waals surface area contributed by atoms with E-state index in [9.17, 15) is 72.5 Å². The van der Waals surface area contributed by atoms with Crippen LogP contribution in [0.3, 0.4) is 0 Å². The third-order valence-electron chi connectivity index (χ3n) is 17.8. The molecular weight excluding hydrogens is 1410 g/mol. The zero-order valence-corrected chi connectivity index (χ0v) is 60.0. The van der Waals surface area contributed by atoms with Crippen LogP contribution >= 0.6 is 0 Å². The number of nitrogens with zero attached hydrogens (tertiary/aromatic N) is 7. The van der Waals surface area contributed by atoms with Gasteiger partial charge in [-0.05, 0) is 107 Å². The molecular formula is C79H71N9O21+2. The summed E-state index contributed by atoms with van der Waals surface area (Å²) in [7, 11) is 15.4. The fourth-order valence-corrected chi connectivity index (χ4v) is 12.0. The van der Waals surface area contributed by atoms with E-state index >= 15 is 0 Å². The number of hydrogen-bond donors (Lipinski definition) is 5. The summed E-state index contributed by atoms with van der Waals surface area (Å²) in [6, 6.07) is 44.6. The Labute approximate surface area is 619 Å². The van der Waals surface area contributed by atoms with Gasteiger partial charge in [0.05, 0.1) is 34.4 Å². The van der Waals surface area contributed by atoms with Crippen LogP contribution in [0.15, 0.2) is 167 Å². The zero-order valence-electron chi connectivity index (χ0n) is 60.0. The summed E-state index contributed by atoms with van der Waals surface area (Å²) in [6.45, 7) is 0.236. The van der Waals surface area contributed by atoms with Crippen molar-refractivity contribution in [3.05, 3.63) is 213 Å². The summed E-state index contributed by atoms with van der Waals surface area (Å²) in [5.41, 5.74) is 8.68. The lowest BCUT2D eigenvalue weighted by Crippen LogP contribution is -2.37. The Morgan fingerprint density at radius 3 is 1.08 bits per heavy atom. The number of carbonyl (C=O) groups is 13. The largest absolute Gasteiger partial charge is 0.560 e. The number of hydroxylamine groups is 6. The minimum Gasteiger partial charge on any atom is -0.478 e. The second kappa shape index (κ2) is 32.0.